The SMILES string of the molecule is CC1CC2CCC(O)CCC2O1. The fraction of sp³-hybridized carbons (Fsp3) is 1.00. The number of fused-ring (bicyclic) bond motifs is 1. The number of aliphatic hydroxyl groups is 1. The summed E-state index contributed by atoms with van der Waals surface area (Å²) in [5, 5.41) is 9.45. The summed E-state index contributed by atoms with van der Waals surface area (Å²) in [5.74, 6) is 0.733. The van der Waals surface area contributed by atoms with E-state index in [1.165, 1.54) is 6.42 Å². The van der Waals surface area contributed by atoms with E-state index in [-0.39, 0.29) is 6.10 Å². The first-order chi connectivity index (χ1) is 5.75. The van der Waals surface area contributed by atoms with Crippen molar-refractivity contribution >= 4 is 0 Å². The Morgan fingerprint density at radius 2 is 1.92 bits per heavy atom. The molecule has 2 fully saturated rings. The van der Waals surface area contributed by atoms with Gasteiger partial charge in [-0.3, -0.25) is 0 Å². The first-order valence-corrected chi connectivity index (χ1v) is 5.09. The molecular weight excluding hydrogens is 152 g/mol. The highest BCUT2D eigenvalue weighted by Crippen LogP contribution is 2.35. The van der Waals surface area contributed by atoms with Crippen molar-refractivity contribution in [1.29, 1.82) is 0 Å². The summed E-state index contributed by atoms with van der Waals surface area (Å²) in [4.78, 5) is 0. The lowest BCUT2D eigenvalue weighted by Gasteiger charge is -2.13. The molecule has 1 N–H and O–H groups in total. The van der Waals surface area contributed by atoms with Gasteiger partial charge in [0.05, 0.1) is 18.3 Å². The molecule has 1 aliphatic heterocycles. The maximum Gasteiger partial charge on any atom is 0.0608 e. The molecule has 2 rings (SSSR count). The van der Waals surface area contributed by atoms with E-state index < -0.39 is 0 Å². The van der Waals surface area contributed by atoms with Crippen molar-refractivity contribution in [3.05, 3.63) is 0 Å². The van der Waals surface area contributed by atoms with Crippen LogP contribution in [0.15, 0.2) is 0 Å². The molecule has 2 heteroatoms. The standard InChI is InChI=1S/C10H18O2/c1-7-6-8-2-3-9(11)4-5-10(8)12-7/h7-11H,2-6H2,1H3. The fourth-order valence-corrected chi connectivity index (χ4v) is 2.56. The minimum absolute atomic E-state index is 0.0606. The lowest BCUT2D eigenvalue weighted by Crippen LogP contribution is -2.14. The number of hydrogen-bond acceptors (Lipinski definition) is 2. The fourth-order valence-electron chi connectivity index (χ4n) is 2.56. The average molecular weight is 170 g/mol. The first-order valence-electron chi connectivity index (χ1n) is 5.09. The molecule has 70 valence electrons. The Kier molecular flexibility index (Phi) is 2.37. The normalized spacial score (nSPS) is 48.5. The Balaban J connectivity index is 1.95. The lowest BCUT2D eigenvalue weighted by atomic mass is 9.95. The summed E-state index contributed by atoms with van der Waals surface area (Å²) in [6, 6.07) is 0. The molecule has 0 bridgehead atoms. The molecule has 0 aromatic rings. The van der Waals surface area contributed by atoms with Gasteiger partial charge in [-0.05, 0) is 44.9 Å². The van der Waals surface area contributed by atoms with Gasteiger partial charge in [0, 0.05) is 0 Å². The van der Waals surface area contributed by atoms with Gasteiger partial charge in [-0.1, -0.05) is 0 Å². The summed E-state index contributed by atoms with van der Waals surface area (Å²) in [6.45, 7) is 2.16. The first kappa shape index (κ1) is 8.52. The summed E-state index contributed by atoms with van der Waals surface area (Å²) in [5.41, 5.74) is 0. The minimum Gasteiger partial charge on any atom is -0.393 e. The van der Waals surface area contributed by atoms with Gasteiger partial charge in [-0.25, -0.2) is 0 Å². The predicted octanol–water partition coefficient (Wildman–Crippen LogP) is 1.71. The Bertz CT molecular complexity index is 142. The summed E-state index contributed by atoms with van der Waals surface area (Å²) < 4.78 is 5.78. The van der Waals surface area contributed by atoms with Crippen molar-refractivity contribution < 1.29 is 9.84 Å². The van der Waals surface area contributed by atoms with Gasteiger partial charge in [-0.15, -0.1) is 0 Å². The van der Waals surface area contributed by atoms with Crippen LogP contribution < -0.4 is 0 Å². The van der Waals surface area contributed by atoms with Gasteiger partial charge in [0.2, 0.25) is 0 Å². The van der Waals surface area contributed by atoms with Crippen molar-refractivity contribution in [2.45, 2.75) is 57.3 Å². The monoisotopic (exact) mass is 170 g/mol. The van der Waals surface area contributed by atoms with Crippen LogP contribution in [0.1, 0.15) is 39.0 Å². The van der Waals surface area contributed by atoms with Gasteiger partial charge < -0.3 is 9.84 Å². The van der Waals surface area contributed by atoms with Crippen LogP contribution in [0.25, 0.3) is 0 Å². The molecule has 1 saturated heterocycles. The molecule has 0 radical (unpaired) electrons. The Morgan fingerprint density at radius 3 is 2.75 bits per heavy atom. The van der Waals surface area contributed by atoms with E-state index in [9.17, 15) is 5.11 Å². The smallest absolute Gasteiger partial charge is 0.0608 e. The number of aliphatic hydroxyl groups excluding tert-OH is 1. The average Bonchev–Trinajstić information content (AvgIpc) is 2.31. The van der Waals surface area contributed by atoms with Crippen molar-refractivity contribution in [1.82, 2.24) is 0 Å². The van der Waals surface area contributed by atoms with Crippen LogP contribution in [0.4, 0.5) is 0 Å². The molecule has 12 heavy (non-hydrogen) atoms. The molecule has 1 saturated carbocycles. The molecule has 1 heterocycles. The maximum absolute atomic E-state index is 9.45. The summed E-state index contributed by atoms with van der Waals surface area (Å²) >= 11 is 0. The maximum atomic E-state index is 9.45. The number of rotatable bonds is 0. The lowest BCUT2D eigenvalue weighted by molar-refractivity contribution is 0.0359. The quantitative estimate of drug-likeness (QED) is 0.599. The Hall–Kier alpha value is -0.0800. The third-order valence-electron chi connectivity index (χ3n) is 3.22. The van der Waals surface area contributed by atoms with E-state index in [4.69, 9.17) is 4.74 Å². The highest BCUT2D eigenvalue weighted by molar-refractivity contribution is 4.84. The van der Waals surface area contributed by atoms with Crippen LogP contribution in [0.5, 0.6) is 0 Å². The summed E-state index contributed by atoms with van der Waals surface area (Å²) in [7, 11) is 0. The molecule has 0 aromatic carbocycles. The largest absolute Gasteiger partial charge is 0.393 e. The van der Waals surface area contributed by atoms with Crippen LogP contribution in [0.3, 0.4) is 0 Å². The van der Waals surface area contributed by atoms with E-state index in [2.05, 4.69) is 6.92 Å². The van der Waals surface area contributed by atoms with Crippen LogP contribution in [0, 0.1) is 5.92 Å². The zero-order chi connectivity index (χ0) is 8.55. The van der Waals surface area contributed by atoms with Gasteiger partial charge in [-0.2, -0.15) is 0 Å². The van der Waals surface area contributed by atoms with Crippen LogP contribution in [-0.4, -0.2) is 23.4 Å². The predicted molar refractivity (Wildman–Crippen MR) is 46.9 cm³/mol. The molecule has 2 aliphatic rings. The van der Waals surface area contributed by atoms with Gasteiger partial charge in [0.15, 0.2) is 0 Å². The van der Waals surface area contributed by atoms with Gasteiger partial charge >= 0.3 is 0 Å². The Labute approximate surface area is 73.9 Å². The second-order valence-electron chi connectivity index (χ2n) is 4.29. The minimum atomic E-state index is -0.0606. The van der Waals surface area contributed by atoms with E-state index in [0.29, 0.717) is 12.2 Å². The van der Waals surface area contributed by atoms with Crippen molar-refractivity contribution in [2.75, 3.05) is 0 Å². The zero-order valence-electron chi connectivity index (χ0n) is 7.70. The molecule has 2 nitrogen and oxygen atoms in total. The van der Waals surface area contributed by atoms with Crippen LogP contribution in [-0.2, 0) is 4.74 Å². The van der Waals surface area contributed by atoms with E-state index in [0.717, 1.165) is 31.6 Å². The molecule has 0 amide bonds. The third kappa shape index (κ3) is 1.64. The molecule has 0 spiro atoms. The molecule has 4 atom stereocenters. The highest BCUT2D eigenvalue weighted by Gasteiger charge is 2.34. The number of ether oxygens (including phenoxy) is 1. The second-order valence-corrected chi connectivity index (χ2v) is 4.29. The highest BCUT2D eigenvalue weighted by atomic mass is 16.5. The molecule has 4 unspecified atom stereocenters. The topological polar surface area (TPSA) is 29.5 Å². The van der Waals surface area contributed by atoms with E-state index >= 15 is 0 Å². The van der Waals surface area contributed by atoms with Crippen molar-refractivity contribution in [3.8, 4) is 0 Å². The van der Waals surface area contributed by atoms with E-state index in [1.54, 1.807) is 0 Å². The van der Waals surface area contributed by atoms with Crippen LogP contribution >= 0.6 is 0 Å². The van der Waals surface area contributed by atoms with Gasteiger partial charge in [0.25, 0.3) is 0 Å². The second kappa shape index (κ2) is 3.35. The van der Waals surface area contributed by atoms with Crippen LogP contribution in [0.2, 0.25) is 0 Å². The molecule has 0 aromatic heterocycles. The summed E-state index contributed by atoms with van der Waals surface area (Å²) in [6.07, 6.45) is 6.20. The third-order valence-corrected chi connectivity index (χ3v) is 3.22. The van der Waals surface area contributed by atoms with E-state index in [1.807, 2.05) is 0 Å². The van der Waals surface area contributed by atoms with Crippen molar-refractivity contribution in [2.24, 2.45) is 5.92 Å². The van der Waals surface area contributed by atoms with Gasteiger partial charge in [0.1, 0.15) is 0 Å². The molecular formula is C10H18O2. The molecule has 1 aliphatic carbocycles. The number of hydrogen-bond donors (Lipinski definition) is 1. The van der Waals surface area contributed by atoms with Crippen molar-refractivity contribution in [3.63, 3.8) is 0 Å². The Morgan fingerprint density at radius 1 is 1.17 bits per heavy atom. The zero-order valence-corrected chi connectivity index (χ0v) is 7.70.